The average Bonchev–Trinajstić information content (AvgIpc) is 3.30. The Morgan fingerprint density at radius 2 is 1.30 bits per heavy atom. The number of hydrogen-bond donors (Lipinski definition) is 0. The molecule has 1 aliphatic carbocycles. The molecule has 3 aromatic rings. The third-order valence-corrected chi connectivity index (χ3v) is 8.58. The molecule has 33 heavy (non-hydrogen) atoms. The number of carbonyl (C=O) groups is 1. The Morgan fingerprint density at radius 3 is 1.79 bits per heavy atom. The first-order valence-electron chi connectivity index (χ1n) is 11.8. The zero-order valence-corrected chi connectivity index (χ0v) is 20.6. The highest BCUT2D eigenvalue weighted by Gasteiger charge is 2.41. The van der Waals surface area contributed by atoms with Crippen molar-refractivity contribution in [2.24, 2.45) is 0 Å². The zero-order chi connectivity index (χ0) is 23.3. The summed E-state index contributed by atoms with van der Waals surface area (Å²) in [6.45, 7) is 5.68. The lowest BCUT2D eigenvalue weighted by molar-refractivity contribution is -0.175. The van der Waals surface area contributed by atoms with Gasteiger partial charge in [0.05, 0.1) is 10.9 Å². The van der Waals surface area contributed by atoms with Crippen LogP contribution in [0.3, 0.4) is 0 Å². The maximum absolute atomic E-state index is 13.0. The van der Waals surface area contributed by atoms with E-state index in [1.54, 1.807) is 13.8 Å². The minimum atomic E-state index is -1.05. The van der Waals surface area contributed by atoms with Crippen molar-refractivity contribution in [3.8, 4) is 5.75 Å². The first-order valence-corrected chi connectivity index (χ1v) is 13.0. The normalized spacial score (nSPS) is 15.4. The van der Waals surface area contributed by atoms with E-state index >= 15 is 0 Å². The van der Waals surface area contributed by atoms with Crippen LogP contribution in [0.2, 0.25) is 0 Å². The van der Waals surface area contributed by atoms with Gasteiger partial charge in [-0.15, -0.1) is 0 Å². The molecular weight excluding hydrogens is 428 g/mol. The molecule has 0 aliphatic heterocycles. The summed E-state index contributed by atoms with van der Waals surface area (Å²) in [5.74, 6) is 0.381. The summed E-state index contributed by atoms with van der Waals surface area (Å²) in [7, 11) is -0.212. The molecule has 3 nitrogen and oxygen atoms in total. The summed E-state index contributed by atoms with van der Waals surface area (Å²) in [4.78, 5) is 16.7. The Morgan fingerprint density at radius 1 is 0.818 bits per heavy atom. The highest BCUT2D eigenvalue weighted by molar-refractivity contribution is 7.97. The van der Waals surface area contributed by atoms with Crippen molar-refractivity contribution >= 4 is 16.9 Å². The van der Waals surface area contributed by atoms with Crippen molar-refractivity contribution in [3.63, 3.8) is 0 Å². The van der Waals surface area contributed by atoms with E-state index in [1.165, 1.54) is 14.7 Å². The molecular formula is C29H33O3S+. The molecule has 1 saturated carbocycles. The van der Waals surface area contributed by atoms with E-state index in [0.717, 1.165) is 32.1 Å². The Balaban J connectivity index is 1.52. The molecule has 1 fully saturated rings. The smallest absolute Gasteiger partial charge is 0.350 e. The van der Waals surface area contributed by atoms with Crippen LogP contribution in [0, 0.1) is 0 Å². The highest BCUT2D eigenvalue weighted by Crippen LogP contribution is 2.37. The molecule has 0 radical (unpaired) electrons. The molecule has 0 amide bonds. The van der Waals surface area contributed by atoms with E-state index in [9.17, 15) is 4.79 Å². The molecule has 0 bridgehead atoms. The molecule has 4 rings (SSSR count). The van der Waals surface area contributed by atoms with E-state index in [0.29, 0.717) is 5.75 Å². The summed E-state index contributed by atoms with van der Waals surface area (Å²) >= 11 is 0. The second kappa shape index (κ2) is 10.0. The lowest BCUT2D eigenvalue weighted by atomic mass is 9.98. The molecule has 0 aromatic heterocycles. The third kappa shape index (κ3) is 5.44. The average molecular weight is 462 g/mol. The number of rotatable bonds is 8. The quantitative estimate of drug-likeness (QED) is 0.263. The maximum atomic E-state index is 13.0. The monoisotopic (exact) mass is 461 g/mol. The third-order valence-electron chi connectivity index (χ3n) is 6.35. The Bertz CT molecular complexity index is 1000. The summed E-state index contributed by atoms with van der Waals surface area (Å²) in [5, 5.41) is 0. The summed E-state index contributed by atoms with van der Waals surface area (Å²) in [6, 6.07) is 29.2. The van der Waals surface area contributed by atoms with Crippen molar-refractivity contribution < 1.29 is 14.3 Å². The number of hydrogen-bond acceptors (Lipinski definition) is 3. The van der Waals surface area contributed by atoms with Gasteiger partial charge in [0.2, 0.25) is 0 Å². The molecule has 0 spiro atoms. The largest absolute Gasteiger partial charge is 0.476 e. The predicted octanol–water partition coefficient (Wildman–Crippen LogP) is 7.21. The van der Waals surface area contributed by atoms with Crippen molar-refractivity contribution in [2.75, 3.05) is 0 Å². The van der Waals surface area contributed by atoms with Gasteiger partial charge in [-0.2, -0.15) is 0 Å². The van der Waals surface area contributed by atoms with Gasteiger partial charge in [-0.3, -0.25) is 0 Å². The molecule has 0 saturated heterocycles. The Hall–Kier alpha value is -2.72. The fourth-order valence-corrected chi connectivity index (χ4v) is 6.45. The van der Waals surface area contributed by atoms with Crippen LogP contribution < -0.4 is 4.74 Å². The molecule has 3 aromatic carbocycles. The van der Waals surface area contributed by atoms with E-state index in [-0.39, 0.29) is 22.5 Å². The van der Waals surface area contributed by atoms with Gasteiger partial charge in [-0.05, 0) is 94.5 Å². The second-order valence-corrected chi connectivity index (χ2v) is 11.2. The molecule has 0 N–H and O–H groups in total. The highest BCUT2D eigenvalue weighted by atomic mass is 32.2. The van der Waals surface area contributed by atoms with Crippen LogP contribution in [0.4, 0.5) is 0 Å². The SMILES string of the molecule is CCC1(OC(=O)C(C)(C)Oc2ccc([S+](c3ccccc3)c3ccccc3)cc2)CCCC1. The predicted molar refractivity (Wildman–Crippen MR) is 134 cm³/mol. The minimum Gasteiger partial charge on any atom is -0.476 e. The molecule has 172 valence electrons. The van der Waals surface area contributed by atoms with E-state index < -0.39 is 5.60 Å². The van der Waals surface area contributed by atoms with E-state index in [4.69, 9.17) is 9.47 Å². The van der Waals surface area contributed by atoms with Gasteiger partial charge >= 0.3 is 5.97 Å². The van der Waals surface area contributed by atoms with Crippen LogP contribution in [0.25, 0.3) is 0 Å². The number of benzene rings is 3. The lowest BCUT2D eigenvalue weighted by Crippen LogP contribution is -2.45. The molecule has 0 atom stereocenters. The van der Waals surface area contributed by atoms with Gasteiger partial charge in [0.15, 0.2) is 20.3 Å². The van der Waals surface area contributed by atoms with Crippen LogP contribution in [-0.4, -0.2) is 17.2 Å². The minimum absolute atomic E-state index is 0.212. The topological polar surface area (TPSA) is 35.5 Å². The van der Waals surface area contributed by atoms with Gasteiger partial charge in [0, 0.05) is 0 Å². The number of carbonyl (C=O) groups excluding carboxylic acids is 1. The molecule has 4 heteroatoms. The standard InChI is InChI=1S/C29H33O3S/c1-4-29(21-11-12-22-29)32-27(30)28(2,3)31-23-17-19-26(20-18-23)33(24-13-7-5-8-14-24)25-15-9-6-10-16-25/h5-10,13-20H,4,11-12,21-22H2,1-3H3/q+1. The Kier molecular flexibility index (Phi) is 7.14. The molecule has 0 unspecified atom stereocenters. The van der Waals surface area contributed by atoms with E-state index in [2.05, 4.69) is 67.6 Å². The number of ether oxygens (including phenoxy) is 2. The zero-order valence-electron chi connectivity index (χ0n) is 19.8. The summed E-state index contributed by atoms with van der Waals surface area (Å²) in [6.07, 6.45) is 4.98. The first-order chi connectivity index (χ1) is 15.9. The van der Waals surface area contributed by atoms with Gasteiger partial charge in [0.1, 0.15) is 11.4 Å². The van der Waals surface area contributed by atoms with Crippen molar-refractivity contribution in [1.29, 1.82) is 0 Å². The van der Waals surface area contributed by atoms with Crippen LogP contribution in [-0.2, 0) is 20.4 Å². The maximum Gasteiger partial charge on any atom is 0.350 e. The van der Waals surface area contributed by atoms with Gasteiger partial charge in [0.25, 0.3) is 0 Å². The Labute approximate surface area is 200 Å². The van der Waals surface area contributed by atoms with Gasteiger partial charge < -0.3 is 9.47 Å². The van der Waals surface area contributed by atoms with E-state index in [1.807, 2.05) is 24.3 Å². The van der Waals surface area contributed by atoms with Crippen LogP contribution >= 0.6 is 0 Å². The van der Waals surface area contributed by atoms with Crippen molar-refractivity contribution in [3.05, 3.63) is 84.9 Å². The number of esters is 1. The van der Waals surface area contributed by atoms with Crippen LogP contribution in [0.15, 0.2) is 99.6 Å². The summed E-state index contributed by atoms with van der Waals surface area (Å²) in [5.41, 5.74) is -1.37. The summed E-state index contributed by atoms with van der Waals surface area (Å²) < 4.78 is 12.1. The van der Waals surface area contributed by atoms with Crippen LogP contribution in [0.1, 0.15) is 52.9 Å². The molecule has 1 aliphatic rings. The lowest BCUT2D eigenvalue weighted by Gasteiger charge is -2.33. The first kappa shape index (κ1) is 23.4. The van der Waals surface area contributed by atoms with Crippen molar-refractivity contribution in [2.45, 2.75) is 78.8 Å². The fourth-order valence-electron chi connectivity index (χ4n) is 4.37. The van der Waals surface area contributed by atoms with Crippen LogP contribution in [0.5, 0.6) is 5.75 Å². The van der Waals surface area contributed by atoms with Gasteiger partial charge in [-0.1, -0.05) is 43.3 Å². The fraction of sp³-hybridized carbons (Fsp3) is 0.345. The van der Waals surface area contributed by atoms with Crippen molar-refractivity contribution in [1.82, 2.24) is 0 Å². The second-order valence-electron chi connectivity index (χ2n) is 9.15. The molecule has 0 heterocycles. The van der Waals surface area contributed by atoms with Gasteiger partial charge in [-0.25, -0.2) is 4.79 Å².